The molecule has 0 radical (unpaired) electrons. The van der Waals surface area contributed by atoms with Gasteiger partial charge in [-0.1, -0.05) is 18.1 Å². The van der Waals surface area contributed by atoms with Gasteiger partial charge in [0.15, 0.2) is 11.5 Å². The molecule has 1 saturated heterocycles. The number of benzene rings is 2. The molecule has 8 heteroatoms. The van der Waals surface area contributed by atoms with E-state index < -0.39 is 0 Å². The first-order chi connectivity index (χ1) is 16.1. The van der Waals surface area contributed by atoms with E-state index in [9.17, 15) is 4.79 Å². The summed E-state index contributed by atoms with van der Waals surface area (Å²) in [6, 6.07) is 13.7. The lowest BCUT2D eigenvalue weighted by Gasteiger charge is -2.35. The number of hydrogen-bond donors (Lipinski definition) is 0. The lowest BCUT2D eigenvalue weighted by Crippen LogP contribution is -2.48. The van der Waals surface area contributed by atoms with Crippen molar-refractivity contribution >= 4 is 17.7 Å². The van der Waals surface area contributed by atoms with Crippen LogP contribution in [0.1, 0.15) is 18.4 Å². The Bertz CT molecular complexity index is 1120. The van der Waals surface area contributed by atoms with Gasteiger partial charge in [0.2, 0.25) is 17.6 Å². The van der Waals surface area contributed by atoms with Crippen molar-refractivity contribution in [3.63, 3.8) is 0 Å². The maximum absolute atomic E-state index is 12.7. The highest BCUT2D eigenvalue weighted by Gasteiger charge is 2.20. The third-order valence-electron chi connectivity index (χ3n) is 5.68. The number of aryl methyl sites for hydroxylation is 1. The number of amides is 1. The minimum Gasteiger partial charge on any atom is -0.493 e. The third kappa shape index (κ3) is 5.16. The minimum absolute atomic E-state index is 0.00335. The van der Waals surface area contributed by atoms with Crippen molar-refractivity contribution in [1.82, 2.24) is 15.0 Å². The second-order valence-corrected chi connectivity index (χ2v) is 7.67. The molecule has 0 aliphatic carbocycles. The van der Waals surface area contributed by atoms with Crippen LogP contribution in [0, 0.1) is 0 Å². The van der Waals surface area contributed by atoms with Crippen molar-refractivity contribution in [2.45, 2.75) is 13.3 Å². The molecule has 1 aromatic heterocycles. The van der Waals surface area contributed by atoms with Gasteiger partial charge in [0, 0.05) is 49.9 Å². The molecule has 8 nitrogen and oxygen atoms in total. The van der Waals surface area contributed by atoms with Crippen LogP contribution in [0.2, 0.25) is 0 Å². The zero-order valence-corrected chi connectivity index (χ0v) is 19.2. The Morgan fingerprint density at radius 3 is 2.39 bits per heavy atom. The predicted molar refractivity (Wildman–Crippen MR) is 126 cm³/mol. The number of anilines is 1. The molecule has 0 N–H and O–H groups in total. The number of hydrogen-bond acceptors (Lipinski definition) is 7. The number of piperazine rings is 1. The van der Waals surface area contributed by atoms with Crippen LogP contribution < -0.4 is 14.4 Å². The Morgan fingerprint density at radius 2 is 1.76 bits per heavy atom. The number of ether oxygens (including phenoxy) is 2. The largest absolute Gasteiger partial charge is 0.493 e. The van der Waals surface area contributed by atoms with Gasteiger partial charge in [-0.05, 0) is 48.0 Å². The molecule has 0 unspecified atom stereocenters. The number of methoxy groups -OCH3 is 2. The van der Waals surface area contributed by atoms with Crippen LogP contribution in [0.25, 0.3) is 17.5 Å². The monoisotopic (exact) mass is 448 g/mol. The van der Waals surface area contributed by atoms with E-state index in [-0.39, 0.29) is 5.91 Å². The third-order valence-corrected chi connectivity index (χ3v) is 5.68. The van der Waals surface area contributed by atoms with Crippen LogP contribution in [0.4, 0.5) is 5.69 Å². The highest BCUT2D eigenvalue weighted by Crippen LogP contribution is 2.28. The van der Waals surface area contributed by atoms with Gasteiger partial charge < -0.3 is 23.8 Å². The summed E-state index contributed by atoms with van der Waals surface area (Å²) in [5, 5.41) is 4.02. The molecule has 1 fully saturated rings. The van der Waals surface area contributed by atoms with Crippen LogP contribution >= 0.6 is 0 Å². The van der Waals surface area contributed by atoms with Gasteiger partial charge >= 0.3 is 0 Å². The lowest BCUT2D eigenvalue weighted by atomic mass is 10.1. The molecule has 0 atom stereocenters. The Morgan fingerprint density at radius 1 is 1.03 bits per heavy atom. The fraction of sp³-hybridized carbons (Fsp3) is 0.320. The highest BCUT2D eigenvalue weighted by molar-refractivity contribution is 5.92. The quantitative estimate of drug-likeness (QED) is 0.510. The molecule has 2 aromatic carbocycles. The Balaban J connectivity index is 1.33. The number of rotatable bonds is 7. The number of carbonyl (C=O) groups is 1. The van der Waals surface area contributed by atoms with E-state index in [2.05, 4.69) is 27.2 Å². The van der Waals surface area contributed by atoms with Crippen molar-refractivity contribution < 1.29 is 18.8 Å². The van der Waals surface area contributed by atoms with Gasteiger partial charge in [0.05, 0.1) is 14.2 Å². The first kappa shape index (κ1) is 22.4. The van der Waals surface area contributed by atoms with Crippen LogP contribution in [-0.4, -0.2) is 61.3 Å². The van der Waals surface area contributed by atoms with Gasteiger partial charge in [0.25, 0.3) is 0 Å². The standard InChI is InChI=1S/C25H28N4O4/c1-4-23-26-25(27-33-23)19-7-9-20(10-8-19)28-13-15-29(16-14-28)24(30)12-6-18-5-11-21(31-2)22(17-18)32-3/h5-12,17H,4,13-16H2,1-3H3/b12-6+. The van der Waals surface area contributed by atoms with Crippen LogP contribution in [0.15, 0.2) is 53.1 Å². The maximum Gasteiger partial charge on any atom is 0.246 e. The zero-order valence-electron chi connectivity index (χ0n) is 19.2. The Hall–Kier alpha value is -3.81. The van der Waals surface area contributed by atoms with E-state index in [1.807, 2.05) is 42.2 Å². The van der Waals surface area contributed by atoms with Crippen molar-refractivity contribution in [1.29, 1.82) is 0 Å². The van der Waals surface area contributed by atoms with E-state index in [0.717, 1.165) is 36.3 Å². The summed E-state index contributed by atoms with van der Waals surface area (Å²) in [6.07, 6.45) is 4.13. The van der Waals surface area contributed by atoms with Crippen molar-refractivity contribution in [3.05, 3.63) is 60.0 Å². The molecule has 1 aliphatic heterocycles. The first-order valence-corrected chi connectivity index (χ1v) is 11.0. The predicted octanol–water partition coefficient (Wildman–Crippen LogP) is 3.68. The van der Waals surface area contributed by atoms with Crippen LogP contribution in [-0.2, 0) is 11.2 Å². The fourth-order valence-electron chi connectivity index (χ4n) is 3.75. The molecule has 3 aromatic rings. The summed E-state index contributed by atoms with van der Waals surface area (Å²) in [5.41, 5.74) is 2.93. The van der Waals surface area contributed by atoms with Crippen molar-refractivity contribution in [3.8, 4) is 22.9 Å². The van der Waals surface area contributed by atoms with Crippen LogP contribution in [0.5, 0.6) is 11.5 Å². The summed E-state index contributed by atoms with van der Waals surface area (Å²) in [5.74, 6) is 2.54. The SMILES string of the molecule is CCc1nc(-c2ccc(N3CCN(C(=O)/C=C/c4ccc(OC)c(OC)c4)CC3)cc2)no1. The van der Waals surface area contributed by atoms with E-state index >= 15 is 0 Å². The summed E-state index contributed by atoms with van der Waals surface area (Å²) in [7, 11) is 3.19. The minimum atomic E-state index is 0.00335. The zero-order chi connectivity index (χ0) is 23.2. The van der Waals surface area contributed by atoms with Gasteiger partial charge in [-0.2, -0.15) is 4.98 Å². The van der Waals surface area contributed by atoms with E-state index in [1.54, 1.807) is 26.4 Å². The summed E-state index contributed by atoms with van der Waals surface area (Å²) in [4.78, 5) is 21.2. The number of aromatic nitrogens is 2. The molecule has 1 aliphatic rings. The molecule has 0 bridgehead atoms. The number of carbonyl (C=O) groups excluding carboxylic acids is 1. The highest BCUT2D eigenvalue weighted by atomic mass is 16.5. The fourth-order valence-corrected chi connectivity index (χ4v) is 3.75. The second-order valence-electron chi connectivity index (χ2n) is 7.67. The summed E-state index contributed by atoms with van der Waals surface area (Å²) >= 11 is 0. The molecular weight excluding hydrogens is 420 g/mol. The molecule has 1 amide bonds. The average Bonchev–Trinajstić information content (AvgIpc) is 3.36. The lowest BCUT2D eigenvalue weighted by molar-refractivity contribution is -0.126. The Labute approximate surface area is 193 Å². The summed E-state index contributed by atoms with van der Waals surface area (Å²) in [6.45, 7) is 4.87. The van der Waals surface area contributed by atoms with Gasteiger partial charge in [0.1, 0.15) is 0 Å². The Kier molecular flexibility index (Phi) is 6.92. The topological polar surface area (TPSA) is 80.9 Å². The molecular formula is C25H28N4O4. The molecule has 2 heterocycles. The normalized spacial score (nSPS) is 14.0. The average molecular weight is 449 g/mol. The molecule has 0 saturated carbocycles. The second kappa shape index (κ2) is 10.2. The molecule has 172 valence electrons. The first-order valence-electron chi connectivity index (χ1n) is 11.0. The van der Waals surface area contributed by atoms with Gasteiger partial charge in [-0.3, -0.25) is 4.79 Å². The van der Waals surface area contributed by atoms with Gasteiger partial charge in [-0.15, -0.1) is 0 Å². The van der Waals surface area contributed by atoms with Crippen molar-refractivity contribution in [2.75, 3.05) is 45.3 Å². The van der Waals surface area contributed by atoms with E-state index in [1.165, 1.54) is 0 Å². The maximum atomic E-state index is 12.7. The van der Waals surface area contributed by atoms with E-state index in [4.69, 9.17) is 14.0 Å². The van der Waals surface area contributed by atoms with Crippen LogP contribution in [0.3, 0.4) is 0 Å². The van der Waals surface area contributed by atoms with Crippen molar-refractivity contribution in [2.24, 2.45) is 0 Å². The summed E-state index contributed by atoms with van der Waals surface area (Å²) < 4.78 is 15.8. The molecule has 33 heavy (non-hydrogen) atoms. The van der Waals surface area contributed by atoms with E-state index in [0.29, 0.717) is 36.3 Å². The molecule has 4 rings (SSSR count). The smallest absolute Gasteiger partial charge is 0.246 e. The molecule has 0 spiro atoms. The number of nitrogens with zero attached hydrogens (tertiary/aromatic N) is 4. The van der Waals surface area contributed by atoms with Gasteiger partial charge in [-0.25, -0.2) is 0 Å².